The van der Waals surface area contributed by atoms with Gasteiger partial charge < -0.3 is 18.8 Å². The average molecular weight is 254 g/mol. The summed E-state index contributed by atoms with van der Waals surface area (Å²) >= 11 is 0. The van der Waals surface area contributed by atoms with Gasteiger partial charge in [0.15, 0.2) is 0 Å². The third kappa shape index (κ3) is 31.0. The van der Waals surface area contributed by atoms with Crippen molar-refractivity contribution < 1.29 is 106 Å². The summed E-state index contributed by atoms with van der Waals surface area (Å²) in [6.07, 6.45) is 0. The Morgan fingerprint density at radius 1 is 0.500 bits per heavy atom. The van der Waals surface area contributed by atoms with Crippen molar-refractivity contribution in [2.24, 2.45) is 0 Å². The van der Waals surface area contributed by atoms with Crippen LogP contribution in [0.25, 0.3) is 0 Å². The molecule has 0 rings (SSSR count). The van der Waals surface area contributed by atoms with E-state index in [4.69, 9.17) is 0 Å². The SMILES string of the molecule is [F-].[F-].[F-].[F-].[K+].[La+3]. The molecular weight excluding hydrogens is 254 g/mol. The van der Waals surface area contributed by atoms with Crippen LogP contribution in [0.5, 0.6) is 0 Å². The Morgan fingerprint density at radius 2 is 0.500 bits per heavy atom. The summed E-state index contributed by atoms with van der Waals surface area (Å²) in [4.78, 5) is 0. The molecule has 0 spiro atoms. The topological polar surface area (TPSA) is 0 Å². The standard InChI is InChI=1S/4FH.K.La/h4*1H;;/q;;;;+1;+3/p-4. The summed E-state index contributed by atoms with van der Waals surface area (Å²) in [5.41, 5.74) is 0. The van der Waals surface area contributed by atoms with Gasteiger partial charge in [-0.2, -0.15) is 0 Å². The van der Waals surface area contributed by atoms with Crippen molar-refractivity contribution in [1.29, 1.82) is 0 Å². The minimum atomic E-state index is 0. The third-order valence-corrected chi connectivity index (χ3v) is 0. The molecule has 0 fully saturated rings. The first-order chi connectivity index (χ1) is 0. The van der Waals surface area contributed by atoms with Gasteiger partial charge in [-0.05, 0) is 0 Å². The summed E-state index contributed by atoms with van der Waals surface area (Å²) in [5, 5.41) is 0. The predicted octanol–water partition coefficient (Wildman–Crippen LogP) is -15.0. The zero-order chi connectivity index (χ0) is 0. The third-order valence-electron chi connectivity index (χ3n) is 0. The van der Waals surface area contributed by atoms with Crippen molar-refractivity contribution in [3.05, 3.63) is 0 Å². The monoisotopic (exact) mass is 254 g/mol. The number of halogens is 4. The van der Waals surface area contributed by atoms with Gasteiger partial charge in [-0.1, -0.05) is 0 Å². The Balaban J connectivity index is 0. The molecule has 32 valence electrons. The fraction of sp³-hybridized carbons (Fsp3) is 0. The van der Waals surface area contributed by atoms with E-state index < -0.39 is 0 Å². The van der Waals surface area contributed by atoms with Crippen molar-refractivity contribution >= 4 is 0 Å². The van der Waals surface area contributed by atoms with Crippen LogP contribution >= 0.6 is 0 Å². The van der Waals surface area contributed by atoms with Crippen LogP contribution in [0.1, 0.15) is 0 Å². The molecule has 0 aromatic rings. The molecule has 0 saturated heterocycles. The second kappa shape index (κ2) is 49.8. The summed E-state index contributed by atoms with van der Waals surface area (Å²) in [6.45, 7) is 0. The fourth-order valence-corrected chi connectivity index (χ4v) is 0. The van der Waals surface area contributed by atoms with Gasteiger partial charge in [-0.25, -0.2) is 0 Å². The Bertz CT molecular complexity index is 7.51. The van der Waals surface area contributed by atoms with Gasteiger partial charge in [0.25, 0.3) is 0 Å². The maximum Gasteiger partial charge on any atom is 3.00 e. The van der Waals surface area contributed by atoms with Crippen LogP contribution in [-0.2, 0) is 0 Å². The molecule has 0 bridgehead atoms. The molecule has 0 N–H and O–H groups in total. The van der Waals surface area contributed by atoms with E-state index in [-0.39, 0.29) is 106 Å². The van der Waals surface area contributed by atoms with E-state index in [1.54, 1.807) is 0 Å². The van der Waals surface area contributed by atoms with Crippen molar-refractivity contribution in [2.45, 2.75) is 0 Å². The van der Waals surface area contributed by atoms with E-state index in [2.05, 4.69) is 0 Å². The Hall–Kier alpha value is 2.55. The van der Waals surface area contributed by atoms with Gasteiger partial charge in [0, 0.05) is 0 Å². The van der Waals surface area contributed by atoms with Crippen LogP contribution in [0.15, 0.2) is 0 Å². The van der Waals surface area contributed by atoms with E-state index in [1.165, 1.54) is 0 Å². The normalized spacial score (nSPS) is 0. The summed E-state index contributed by atoms with van der Waals surface area (Å²) in [6, 6.07) is 0. The van der Waals surface area contributed by atoms with Crippen LogP contribution in [0.4, 0.5) is 0 Å². The molecule has 0 aromatic carbocycles. The van der Waals surface area contributed by atoms with Crippen molar-refractivity contribution in [3.63, 3.8) is 0 Å². The van der Waals surface area contributed by atoms with Crippen molar-refractivity contribution in [3.8, 4) is 0 Å². The number of hydrogen-bond acceptors (Lipinski definition) is 0. The zero-order valence-electron chi connectivity index (χ0n) is 3.09. The number of hydrogen-bond donors (Lipinski definition) is 0. The van der Waals surface area contributed by atoms with E-state index in [9.17, 15) is 0 Å². The van der Waals surface area contributed by atoms with Gasteiger partial charge in [-0.15, -0.1) is 0 Å². The first-order valence-corrected chi connectivity index (χ1v) is 0. The van der Waals surface area contributed by atoms with Crippen LogP contribution in [0.2, 0.25) is 0 Å². The molecule has 0 heterocycles. The quantitative estimate of drug-likeness (QED) is 0.297. The largest absolute Gasteiger partial charge is 3.00 e. The van der Waals surface area contributed by atoms with Crippen LogP contribution in [0.3, 0.4) is 0 Å². The molecule has 0 aromatic heterocycles. The van der Waals surface area contributed by atoms with Gasteiger partial charge in [0.2, 0.25) is 0 Å². The van der Waals surface area contributed by atoms with E-state index in [1.807, 2.05) is 0 Å². The molecule has 0 radical (unpaired) electrons. The first kappa shape index (κ1) is 74.9. The minimum Gasteiger partial charge on any atom is -1.00 e. The molecule has 0 saturated carbocycles. The van der Waals surface area contributed by atoms with Gasteiger partial charge >= 0.3 is 87.0 Å². The molecule has 6 heavy (non-hydrogen) atoms. The van der Waals surface area contributed by atoms with E-state index >= 15 is 0 Å². The van der Waals surface area contributed by atoms with E-state index in [0.717, 1.165) is 0 Å². The smallest absolute Gasteiger partial charge is 1.00 e. The van der Waals surface area contributed by atoms with Crippen LogP contribution in [-0.4, -0.2) is 0 Å². The van der Waals surface area contributed by atoms with E-state index in [0.29, 0.717) is 0 Å². The van der Waals surface area contributed by atoms with Crippen LogP contribution in [0, 0.1) is 35.6 Å². The van der Waals surface area contributed by atoms with Crippen molar-refractivity contribution in [2.75, 3.05) is 0 Å². The molecule has 0 aliphatic carbocycles. The van der Waals surface area contributed by atoms with Gasteiger partial charge in [0.05, 0.1) is 0 Å². The van der Waals surface area contributed by atoms with Crippen molar-refractivity contribution in [1.82, 2.24) is 0 Å². The summed E-state index contributed by atoms with van der Waals surface area (Å²) < 4.78 is 0. The zero-order valence-corrected chi connectivity index (χ0v) is 9.84. The molecular formula is F4KLa. The Kier molecular flexibility index (Phi) is 622. The molecule has 0 aliphatic rings. The van der Waals surface area contributed by atoms with Gasteiger partial charge in [-0.3, -0.25) is 0 Å². The molecule has 0 nitrogen and oxygen atoms in total. The average Bonchev–Trinajstić information content (AvgIpc) is 0. The number of rotatable bonds is 0. The predicted molar refractivity (Wildman–Crippen MR) is 0 cm³/mol. The second-order valence-corrected chi connectivity index (χ2v) is 0. The molecule has 0 unspecified atom stereocenters. The second-order valence-electron chi connectivity index (χ2n) is 0. The molecule has 0 amide bonds. The molecule has 0 aliphatic heterocycles. The summed E-state index contributed by atoms with van der Waals surface area (Å²) in [7, 11) is 0. The molecule has 0 atom stereocenters. The maximum absolute atomic E-state index is 0. The Labute approximate surface area is 103 Å². The first-order valence-electron chi connectivity index (χ1n) is 0. The Morgan fingerprint density at radius 3 is 0.500 bits per heavy atom. The molecule has 6 heteroatoms. The van der Waals surface area contributed by atoms with Crippen LogP contribution < -0.4 is 70.2 Å². The minimum absolute atomic E-state index is 0. The summed E-state index contributed by atoms with van der Waals surface area (Å²) in [5.74, 6) is 0. The fourth-order valence-electron chi connectivity index (χ4n) is 0. The van der Waals surface area contributed by atoms with Gasteiger partial charge in [0.1, 0.15) is 0 Å². The maximum atomic E-state index is 0.